The van der Waals surface area contributed by atoms with Gasteiger partial charge in [0.05, 0.1) is 11.1 Å². The third kappa shape index (κ3) is 2.33. The summed E-state index contributed by atoms with van der Waals surface area (Å²) in [5.41, 5.74) is 3.69. The SMILES string of the molecule is C=C=CCOc1c(C)c(=O)[nH]c2ccc(Cl)cc12. The minimum Gasteiger partial charge on any atom is -0.488 e. The Morgan fingerprint density at radius 3 is 3.06 bits per heavy atom. The van der Waals surface area contributed by atoms with Gasteiger partial charge in [-0.3, -0.25) is 4.79 Å². The fourth-order valence-electron chi connectivity index (χ4n) is 1.70. The minimum absolute atomic E-state index is 0.164. The largest absolute Gasteiger partial charge is 0.488 e. The second-order valence-corrected chi connectivity index (χ2v) is 4.25. The number of benzene rings is 1. The number of hydrogen-bond acceptors (Lipinski definition) is 2. The number of hydrogen-bond donors (Lipinski definition) is 1. The fourth-order valence-corrected chi connectivity index (χ4v) is 1.88. The van der Waals surface area contributed by atoms with Gasteiger partial charge in [-0.05, 0) is 31.2 Å². The minimum atomic E-state index is -0.164. The predicted molar refractivity (Wildman–Crippen MR) is 73.5 cm³/mol. The highest BCUT2D eigenvalue weighted by atomic mass is 35.5. The van der Waals surface area contributed by atoms with Crippen LogP contribution in [-0.4, -0.2) is 11.6 Å². The number of aromatic amines is 1. The van der Waals surface area contributed by atoms with E-state index in [0.717, 1.165) is 5.39 Å². The molecule has 1 N–H and O–H groups in total. The first kappa shape index (κ1) is 12.5. The molecule has 0 saturated heterocycles. The zero-order valence-corrected chi connectivity index (χ0v) is 10.7. The van der Waals surface area contributed by atoms with Gasteiger partial charge in [0.1, 0.15) is 12.4 Å². The van der Waals surface area contributed by atoms with E-state index in [4.69, 9.17) is 16.3 Å². The molecule has 0 unspecified atom stereocenters. The molecule has 18 heavy (non-hydrogen) atoms. The number of halogens is 1. The average Bonchev–Trinajstić information content (AvgIpc) is 2.35. The van der Waals surface area contributed by atoms with Crippen LogP contribution < -0.4 is 10.3 Å². The number of pyridine rings is 1. The van der Waals surface area contributed by atoms with E-state index in [2.05, 4.69) is 17.3 Å². The van der Waals surface area contributed by atoms with Crippen molar-refractivity contribution in [1.29, 1.82) is 0 Å². The van der Waals surface area contributed by atoms with Crippen molar-refractivity contribution in [2.24, 2.45) is 0 Å². The summed E-state index contributed by atoms with van der Waals surface area (Å²) < 4.78 is 5.59. The predicted octanol–water partition coefficient (Wildman–Crippen LogP) is 3.21. The van der Waals surface area contributed by atoms with E-state index in [1.54, 1.807) is 31.2 Å². The lowest BCUT2D eigenvalue weighted by molar-refractivity contribution is 0.364. The van der Waals surface area contributed by atoms with Crippen molar-refractivity contribution in [3.05, 3.63) is 57.5 Å². The van der Waals surface area contributed by atoms with Gasteiger partial charge in [-0.2, -0.15) is 0 Å². The van der Waals surface area contributed by atoms with Crippen LogP contribution in [0.5, 0.6) is 5.75 Å². The second kappa shape index (κ2) is 5.13. The van der Waals surface area contributed by atoms with Gasteiger partial charge in [-0.15, -0.1) is 5.73 Å². The normalized spacial score (nSPS) is 10.1. The first-order chi connectivity index (χ1) is 8.63. The van der Waals surface area contributed by atoms with Crippen LogP contribution in [0.4, 0.5) is 0 Å². The highest BCUT2D eigenvalue weighted by Crippen LogP contribution is 2.28. The van der Waals surface area contributed by atoms with Crippen LogP contribution in [0.1, 0.15) is 5.56 Å². The van der Waals surface area contributed by atoms with Crippen LogP contribution in [0.15, 0.2) is 41.4 Å². The summed E-state index contributed by atoms with van der Waals surface area (Å²) in [6.45, 7) is 5.49. The standard InChI is InChI=1S/C14H12ClNO2/c1-3-4-7-18-13-9(2)14(17)16-12-6-5-10(15)8-11(12)13/h4-6,8H,1,7H2,2H3,(H,16,17). The van der Waals surface area contributed by atoms with Crippen LogP contribution in [-0.2, 0) is 0 Å². The summed E-state index contributed by atoms with van der Waals surface area (Å²) in [5.74, 6) is 0.544. The maximum Gasteiger partial charge on any atom is 0.255 e. The Kier molecular flexibility index (Phi) is 3.56. The molecule has 0 aliphatic rings. The van der Waals surface area contributed by atoms with E-state index in [0.29, 0.717) is 28.5 Å². The van der Waals surface area contributed by atoms with Gasteiger partial charge in [-0.1, -0.05) is 18.2 Å². The summed E-state index contributed by atoms with van der Waals surface area (Å²) in [7, 11) is 0. The van der Waals surface area contributed by atoms with Crippen molar-refractivity contribution in [2.75, 3.05) is 6.61 Å². The molecular formula is C14H12ClNO2. The lowest BCUT2D eigenvalue weighted by Crippen LogP contribution is -2.12. The van der Waals surface area contributed by atoms with E-state index < -0.39 is 0 Å². The van der Waals surface area contributed by atoms with Crippen molar-refractivity contribution in [2.45, 2.75) is 6.92 Å². The van der Waals surface area contributed by atoms with Crippen LogP contribution in [0.2, 0.25) is 5.02 Å². The van der Waals surface area contributed by atoms with Crippen LogP contribution >= 0.6 is 11.6 Å². The van der Waals surface area contributed by atoms with E-state index >= 15 is 0 Å². The Labute approximate surface area is 109 Å². The average molecular weight is 262 g/mol. The molecule has 0 aliphatic heterocycles. The highest BCUT2D eigenvalue weighted by Gasteiger charge is 2.10. The molecular weight excluding hydrogens is 250 g/mol. The molecule has 1 heterocycles. The molecule has 92 valence electrons. The molecule has 1 aromatic carbocycles. The van der Waals surface area contributed by atoms with Crippen LogP contribution in [0.3, 0.4) is 0 Å². The number of H-pyrrole nitrogens is 1. The fraction of sp³-hybridized carbons (Fsp3) is 0.143. The summed E-state index contributed by atoms with van der Waals surface area (Å²) in [5, 5.41) is 1.38. The molecule has 0 spiro atoms. The molecule has 4 heteroatoms. The van der Waals surface area contributed by atoms with Gasteiger partial charge in [0.15, 0.2) is 0 Å². The van der Waals surface area contributed by atoms with Crippen molar-refractivity contribution in [1.82, 2.24) is 4.98 Å². The van der Waals surface area contributed by atoms with E-state index in [9.17, 15) is 4.79 Å². The zero-order chi connectivity index (χ0) is 13.1. The van der Waals surface area contributed by atoms with Gasteiger partial charge in [-0.25, -0.2) is 0 Å². The topological polar surface area (TPSA) is 42.1 Å². The molecule has 1 aromatic heterocycles. The molecule has 0 saturated carbocycles. The molecule has 3 nitrogen and oxygen atoms in total. The molecule has 2 aromatic rings. The Hall–Kier alpha value is -1.96. The van der Waals surface area contributed by atoms with Crippen molar-refractivity contribution < 1.29 is 4.74 Å². The van der Waals surface area contributed by atoms with Gasteiger partial charge in [0.2, 0.25) is 0 Å². The first-order valence-electron chi connectivity index (χ1n) is 5.42. The molecule has 0 bridgehead atoms. The summed E-state index contributed by atoms with van der Waals surface area (Å²) >= 11 is 5.97. The summed E-state index contributed by atoms with van der Waals surface area (Å²) in [4.78, 5) is 14.5. The number of ether oxygens (including phenoxy) is 1. The van der Waals surface area contributed by atoms with Crippen LogP contribution in [0, 0.1) is 6.92 Å². The van der Waals surface area contributed by atoms with E-state index in [1.165, 1.54) is 0 Å². The highest BCUT2D eigenvalue weighted by molar-refractivity contribution is 6.31. The molecule has 0 amide bonds. The van der Waals surface area contributed by atoms with Crippen molar-refractivity contribution in [3.63, 3.8) is 0 Å². The molecule has 0 fully saturated rings. The maximum absolute atomic E-state index is 11.8. The zero-order valence-electron chi connectivity index (χ0n) is 9.92. The number of aromatic nitrogens is 1. The molecule has 0 atom stereocenters. The number of nitrogens with one attached hydrogen (secondary N) is 1. The quantitative estimate of drug-likeness (QED) is 0.862. The van der Waals surface area contributed by atoms with Gasteiger partial charge < -0.3 is 9.72 Å². The monoisotopic (exact) mass is 261 g/mol. The molecule has 0 radical (unpaired) electrons. The van der Waals surface area contributed by atoms with Crippen molar-refractivity contribution in [3.8, 4) is 5.75 Å². The van der Waals surface area contributed by atoms with Gasteiger partial charge >= 0.3 is 0 Å². The smallest absolute Gasteiger partial charge is 0.255 e. The Balaban J connectivity index is 2.66. The molecule has 0 aliphatic carbocycles. The number of fused-ring (bicyclic) bond motifs is 1. The maximum atomic E-state index is 11.8. The summed E-state index contributed by atoms with van der Waals surface area (Å²) in [6, 6.07) is 5.25. The van der Waals surface area contributed by atoms with E-state index in [-0.39, 0.29) is 5.56 Å². The Bertz CT molecular complexity index is 697. The third-order valence-electron chi connectivity index (χ3n) is 2.61. The molecule has 2 rings (SSSR count). The van der Waals surface area contributed by atoms with Crippen molar-refractivity contribution >= 4 is 22.5 Å². The number of rotatable bonds is 3. The van der Waals surface area contributed by atoms with Gasteiger partial charge in [0, 0.05) is 10.4 Å². The third-order valence-corrected chi connectivity index (χ3v) is 2.85. The lowest BCUT2D eigenvalue weighted by Gasteiger charge is -2.10. The Morgan fingerprint density at radius 2 is 2.33 bits per heavy atom. The van der Waals surface area contributed by atoms with Crippen LogP contribution in [0.25, 0.3) is 10.9 Å². The van der Waals surface area contributed by atoms with E-state index in [1.807, 2.05) is 0 Å². The lowest BCUT2D eigenvalue weighted by atomic mass is 10.1. The second-order valence-electron chi connectivity index (χ2n) is 3.82. The van der Waals surface area contributed by atoms with Gasteiger partial charge in [0.25, 0.3) is 5.56 Å². The Morgan fingerprint density at radius 1 is 1.56 bits per heavy atom. The summed E-state index contributed by atoms with van der Waals surface area (Å²) in [6.07, 6.45) is 1.65. The first-order valence-corrected chi connectivity index (χ1v) is 5.80.